The number of hydrogen-bond donors (Lipinski definition) is 1. The summed E-state index contributed by atoms with van der Waals surface area (Å²) in [4.78, 5) is 15.2. The summed E-state index contributed by atoms with van der Waals surface area (Å²) in [5, 5.41) is 3.11. The summed E-state index contributed by atoms with van der Waals surface area (Å²) in [6.45, 7) is 2.63. The van der Waals surface area contributed by atoms with Crippen LogP contribution in [0.15, 0.2) is 36.4 Å². The summed E-state index contributed by atoms with van der Waals surface area (Å²) < 4.78 is 21.4. The Bertz CT molecular complexity index is 838. The number of rotatable bonds is 10. The quantitative estimate of drug-likeness (QED) is 0.627. The zero-order valence-electron chi connectivity index (χ0n) is 18.8. The molecule has 2 aromatic rings. The van der Waals surface area contributed by atoms with Gasteiger partial charge in [-0.2, -0.15) is 0 Å². The SMILES string of the molecule is COc1ccc([C@@H](CNC(=O)Cc2cc(OC)c(OC)c(OC)c2)N2CCCC2)cc1. The largest absolute Gasteiger partial charge is 0.497 e. The third kappa shape index (κ3) is 5.61. The molecule has 2 aromatic carbocycles. The zero-order valence-corrected chi connectivity index (χ0v) is 18.8. The van der Waals surface area contributed by atoms with Crippen LogP contribution >= 0.6 is 0 Å². The number of carbonyl (C=O) groups is 1. The van der Waals surface area contributed by atoms with E-state index < -0.39 is 0 Å². The molecule has 0 radical (unpaired) electrons. The van der Waals surface area contributed by atoms with Gasteiger partial charge >= 0.3 is 0 Å². The fourth-order valence-electron chi connectivity index (χ4n) is 4.03. The third-order valence-electron chi connectivity index (χ3n) is 5.66. The monoisotopic (exact) mass is 428 g/mol. The second kappa shape index (κ2) is 10.9. The second-order valence-electron chi connectivity index (χ2n) is 7.55. The van der Waals surface area contributed by atoms with Gasteiger partial charge in [-0.3, -0.25) is 9.69 Å². The molecule has 168 valence electrons. The predicted octanol–water partition coefficient (Wildman–Crippen LogP) is 3.22. The van der Waals surface area contributed by atoms with Crippen LogP contribution in [0, 0.1) is 0 Å². The molecule has 1 atom stereocenters. The Morgan fingerprint density at radius 2 is 1.55 bits per heavy atom. The van der Waals surface area contributed by atoms with Gasteiger partial charge in [-0.15, -0.1) is 0 Å². The summed E-state index contributed by atoms with van der Waals surface area (Å²) >= 11 is 0. The number of hydrogen-bond acceptors (Lipinski definition) is 6. The first kappa shape index (κ1) is 22.7. The van der Waals surface area contributed by atoms with Crippen LogP contribution in [-0.4, -0.2) is 58.9 Å². The van der Waals surface area contributed by atoms with Crippen molar-refractivity contribution in [3.63, 3.8) is 0 Å². The number of amides is 1. The molecule has 0 aromatic heterocycles. The van der Waals surface area contributed by atoms with E-state index in [9.17, 15) is 4.79 Å². The molecule has 1 N–H and O–H groups in total. The number of methoxy groups -OCH3 is 4. The lowest BCUT2D eigenvalue weighted by molar-refractivity contribution is -0.120. The van der Waals surface area contributed by atoms with Gasteiger partial charge in [0.25, 0.3) is 0 Å². The molecule has 7 heteroatoms. The maximum Gasteiger partial charge on any atom is 0.224 e. The van der Waals surface area contributed by atoms with Crippen LogP contribution in [0.5, 0.6) is 23.0 Å². The van der Waals surface area contributed by atoms with Crippen molar-refractivity contribution in [2.45, 2.75) is 25.3 Å². The van der Waals surface area contributed by atoms with Crippen molar-refractivity contribution in [1.82, 2.24) is 10.2 Å². The van der Waals surface area contributed by atoms with E-state index in [1.54, 1.807) is 28.4 Å². The number of nitrogens with one attached hydrogen (secondary N) is 1. The third-order valence-corrected chi connectivity index (χ3v) is 5.66. The maximum absolute atomic E-state index is 12.8. The minimum Gasteiger partial charge on any atom is -0.497 e. The number of nitrogens with zero attached hydrogens (tertiary/aromatic N) is 1. The zero-order chi connectivity index (χ0) is 22.2. The van der Waals surface area contributed by atoms with Gasteiger partial charge in [0.15, 0.2) is 11.5 Å². The standard InChI is InChI=1S/C24H32N2O5/c1-28-19-9-7-18(8-10-19)20(26-11-5-6-12-26)16-25-23(27)15-17-13-21(29-2)24(31-4)22(14-17)30-3/h7-10,13-14,20H,5-6,11-12,15-16H2,1-4H3,(H,25,27)/t20-/m1/s1. The first-order valence-corrected chi connectivity index (χ1v) is 10.5. The lowest BCUT2D eigenvalue weighted by atomic mass is 10.0. The van der Waals surface area contributed by atoms with Crippen molar-refractivity contribution in [3.8, 4) is 23.0 Å². The molecule has 1 saturated heterocycles. The van der Waals surface area contributed by atoms with E-state index in [-0.39, 0.29) is 18.4 Å². The molecule has 0 saturated carbocycles. The molecular weight excluding hydrogens is 396 g/mol. The van der Waals surface area contributed by atoms with Crippen LogP contribution < -0.4 is 24.3 Å². The highest BCUT2D eigenvalue weighted by atomic mass is 16.5. The molecule has 3 rings (SSSR count). The predicted molar refractivity (Wildman–Crippen MR) is 119 cm³/mol. The Morgan fingerprint density at radius 1 is 0.935 bits per heavy atom. The highest BCUT2D eigenvalue weighted by Crippen LogP contribution is 2.38. The van der Waals surface area contributed by atoms with Gasteiger partial charge in [-0.25, -0.2) is 0 Å². The average Bonchev–Trinajstić information content (AvgIpc) is 3.33. The van der Waals surface area contributed by atoms with Gasteiger partial charge in [0, 0.05) is 6.54 Å². The Hall–Kier alpha value is -2.93. The van der Waals surface area contributed by atoms with Gasteiger partial charge in [0.1, 0.15) is 5.75 Å². The van der Waals surface area contributed by atoms with Crippen LogP contribution in [0.1, 0.15) is 30.0 Å². The molecule has 1 aliphatic heterocycles. The van der Waals surface area contributed by atoms with Gasteiger partial charge < -0.3 is 24.3 Å². The number of carbonyl (C=O) groups excluding carboxylic acids is 1. The normalized spacial score (nSPS) is 14.7. The fraction of sp³-hybridized carbons (Fsp3) is 0.458. The minimum absolute atomic E-state index is 0.0491. The molecule has 7 nitrogen and oxygen atoms in total. The molecule has 1 aliphatic rings. The summed E-state index contributed by atoms with van der Waals surface area (Å²) in [6, 6.07) is 11.8. The van der Waals surface area contributed by atoms with Gasteiger partial charge in [0.05, 0.1) is 40.9 Å². The Labute approximate surface area is 184 Å². The smallest absolute Gasteiger partial charge is 0.224 e. The van der Waals surface area contributed by atoms with E-state index in [2.05, 4.69) is 22.3 Å². The van der Waals surface area contributed by atoms with Crippen LogP contribution in [0.3, 0.4) is 0 Å². The summed E-state index contributed by atoms with van der Waals surface area (Å²) in [7, 11) is 6.36. The van der Waals surface area contributed by atoms with Gasteiger partial charge in [-0.05, 0) is 61.3 Å². The van der Waals surface area contributed by atoms with Crippen LogP contribution in [0.4, 0.5) is 0 Å². The van der Waals surface area contributed by atoms with E-state index in [1.807, 2.05) is 24.3 Å². The van der Waals surface area contributed by atoms with Crippen LogP contribution in [0.25, 0.3) is 0 Å². The van der Waals surface area contributed by atoms with Crippen LogP contribution in [-0.2, 0) is 11.2 Å². The van der Waals surface area contributed by atoms with E-state index in [0.717, 1.165) is 24.4 Å². The van der Waals surface area contributed by atoms with E-state index in [4.69, 9.17) is 18.9 Å². The highest BCUT2D eigenvalue weighted by molar-refractivity contribution is 5.79. The Balaban J connectivity index is 1.69. The van der Waals surface area contributed by atoms with Crippen molar-refractivity contribution in [3.05, 3.63) is 47.5 Å². The van der Waals surface area contributed by atoms with Crippen molar-refractivity contribution < 1.29 is 23.7 Å². The first-order chi connectivity index (χ1) is 15.1. The molecule has 0 unspecified atom stereocenters. The fourth-order valence-corrected chi connectivity index (χ4v) is 4.03. The molecule has 31 heavy (non-hydrogen) atoms. The van der Waals surface area contributed by atoms with Crippen LogP contribution in [0.2, 0.25) is 0 Å². The van der Waals surface area contributed by atoms with Gasteiger partial charge in [-0.1, -0.05) is 12.1 Å². The van der Waals surface area contributed by atoms with Gasteiger partial charge in [0.2, 0.25) is 11.7 Å². The number of benzene rings is 2. The Kier molecular flexibility index (Phi) is 8.00. The van der Waals surface area contributed by atoms with E-state index >= 15 is 0 Å². The topological polar surface area (TPSA) is 69.3 Å². The van der Waals surface area contributed by atoms with E-state index in [0.29, 0.717) is 23.8 Å². The summed E-state index contributed by atoms with van der Waals surface area (Å²) in [5.41, 5.74) is 1.98. The lowest BCUT2D eigenvalue weighted by Crippen LogP contribution is -2.37. The van der Waals surface area contributed by atoms with E-state index in [1.165, 1.54) is 18.4 Å². The van der Waals surface area contributed by atoms with Crippen molar-refractivity contribution in [2.24, 2.45) is 0 Å². The molecule has 0 spiro atoms. The number of ether oxygens (including phenoxy) is 4. The first-order valence-electron chi connectivity index (χ1n) is 10.5. The molecule has 0 bridgehead atoms. The maximum atomic E-state index is 12.8. The number of likely N-dealkylation sites (tertiary alicyclic amines) is 1. The molecule has 1 amide bonds. The summed E-state index contributed by atoms with van der Waals surface area (Å²) in [5.74, 6) is 2.38. The van der Waals surface area contributed by atoms with Crippen molar-refractivity contribution >= 4 is 5.91 Å². The lowest BCUT2D eigenvalue weighted by Gasteiger charge is -2.28. The average molecular weight is 429 g/mol. The van der Waals surface area contributed by atoms with Crippen molar-refractivity contribution in [2.75, 3.05) is 48.1 Å². The second-order valence-corrected chi connectivity index (χ2v) is 7.55. The Morgan fingerprint density at radius 3 is 2.06 bits per heavy atom. The molecule has 0 aliphatic carbocycles. The molecular formula is C24H32N2O5. The molecule has 1 fully saturated rings. The summed E-state index contributed by atoms with van der Waals surface area (Å²) in [6.07, 6.45) is 2.60. The highest BCUT2D eigenvalue weighted by Gasteiger charge is 2.24. The molecule has 1 heterocycles. The minimum atomic E-state index is -0.0491. The van der Waals surface area contributed by atoms with Crippen molar-refractivity contribution in [1.29, 1.82) is 0 Å².